The van der Waals surface area contributed by atoms with Gasteiger partial charge in [-0.1, -0.05) is 129 Å². The van der Waals surface area contributed by atoms with Gasteiger partial charge in [0.15, 0.2) is 11.4 Å². The van der Waals surface area contributed by atoms with Gasteiger partial charge in [0.2, 0.25) is 17.7 Å². The molecule has 5 aromatic carbocycles. The third kappa shape index (κ3) is 30.5. The maximum atomic E-state index is 14.1. The molecular formula is C67H83Cl4F3K2N12O13. The Morgan fingerprint density at radius 2 is 1.12 bits per heavy atom. The molecular weight excluding hydrogens is 1460 g/mol. The Morgan fingerprint density at radius 1 is 0.693 bits per heavy atom. The summed E-state index contributed by atoms with van der Waals surface area (Å²) < 4.78 is 49.0. The minimum Gasteiger partial charge on any atom is -1.00 e. The summed E-state index contributed by atoms with van der Waals surface area (Å²) in [5, 5.41) is 34.8. The molecule has 540 valence electrons. The number of hydrogen-bond donors (Lipinski definition) is 7. The number of nitrogens with zero attached hydrogens (tertiary/aromatic N) is 6. The standard InChI is InChI=1S/C23H23ClFN5O3.C17H23ClFN3O3.C10H9Cl2FO.C10H9N3O3.C4H9N.CH2O3.2CH4.2K.H/c24-17-9-3-5-14(21(17)25)11-27-19(31)12-29(15-6-4-7-15)20(32)13-30-18-10-2-1-8-16(18)22(28-30)23(26)33;1-17(2,3)25-16(24)22-9-12(10-22)20-8-14(23)21-7-11-5-4-6-13(18)15(11)19;11-6-8(14)5-4-7-2-1-3-9(12)10(7)13;11-10(16)9-6-3-1-2-4-7(6)13(12-9)5-8(14)15;5-4-2-1-3-4;2-1-4-3;;;;;/h1-3,5,8-10,15H,4,6-7,11-13H2,(H2,26,33)(H,27,31);4-6,12,20H,7-10H2,1-3H3,(H,21,23);1-3H,4-6H2;1-4H,5H2,(H2,11,16)(H,14,15);4H,1-3,5H2;1,3H;2*1H4;;;/q;;;;;;;;2*+1;-1/p-1. The molecule has 0 bridgehead atoms. The molecule has 1 saturated heterocycles. The number of hydrogen-bond acceptors (Lipinski definition) is 16. The fraction of sp³-hybridized carbons (Fsp3) is 0.388. The number of aryl methyl sites for hydroxylation is 1. The molecule has 0 spiro atoms. The van der Waals surface area contributed by atoms with E-state index < -0.39 is 46.7 Å². The largest absolute Gasteiger partial charge is 1.00 e. The van der Waals surface area contributed by atoms with E-state index in [9.17, 15) is 51.5 Å². The normalized spacial score (nSPS) is 12.7. The van der Waals surface area contributed by atoms with Crippen molar-refractivity contribution in [3.05, 3.63) is 164 Å². The number of rotatable bonds is 21. The minimum atomic E-state index is -1.02. The van der Waals surface area contributed by atoms with Crippen molar-refractivity contribution in [2.45, 2.75) is 137 Å². The van der Waals surface area contributed by atoms with E-state index in [4.69, 9.17) is 83.5 Å². The molecule has 0 radical (unpaired) electrons. The smallest absolute Gasteiger partial charge is 1.00 e. The first-order valence-corrected chi connectivity index (χ1v) is 31.8. The van der Waals surface area contributed by atoms with E-state index in [0.717, 1.165) is 19.3 Å². The summed E-state index contributed by atoms with van der Waals surface area (Å²) >= 11 is 22.4. The first-order valence-electron chi connectivity index (χ1n) is 30.2. The number of carboxylic acid groups (broad SMARTS) is 1. The summed E-state index contributed by atoms with van der Waals surface area (Å²) in [6, 6.07) is 28.4. The number of likely N-dealkylation sites (tertiary alicyclic amines) is 1. The number of benzene rings is 5. The fourth-order valence-corrected chi connectivity index (χ4v) is 9.92. The van der Waals surface area contributed by atoms with Gasteiger partial charge < -0.3 is 64.4 Å². The number of halogens is 7. The van der Waals surface area contributed by atoms with Crippen LogP contribution >= 0.6 is 46.4 Å². The average Bonchev–Trinajstić information content (AvgIpc) is 1.64. The van der Waals surface area contributed by atoms with Crippen LogP contribution in [0.5, 0.6) is 0 Å². The number of amides is 6. The molecule has 2 saturated carbocycles. The van der Waals surface area contributed by atoms with E-state index in [2.05, 4.69) is 31.0 Å². The number of fused-ring (bicyclic) bond motifs is 2. The summed E-state index contributed by atoms with van der Waals surface area (Å²) in [6.07, 6.45) is 6.70. The van der Waals surface area contributed by atoms with Crippen LogP contribution in [0.4, 0.5) is 18.0 Å². The molecule has 10 N–H and O–H groups in total. The van der Waals surface area contributed by atoms with Gasteiger partial charge in [0, 0.05) is 72.6 Å². The van der Waals surface area contributed by atoms with Gasteiger partial charge in [-0.3, -0.25) is 47.7 Å². The summed E-state index contributed by atoms with van der Waals surface area (Å²) in [6.45, 7) is 5.77. The Morgan fingerprint density at radius 3 is 1.51 bits per heavy atom. The Labute approximate surface area is 689 Å². The molecule has 7 aromatic rings. The van der Waals surface area contributed by atoms with Crippen LogP contribution in [0.3, 0.4) is 0 Å². The first kappa shape index (κ1) is 93.4. The zero-order valence-electron chi connectivity index (χ0n) is 56.1. The van der Waals surface area contributed by atoms with Crippen LogP contribution in [0.15, 0.2) is 103 Å². The maximum Gasteiger partial charge on any atom is 1.00 e. The van der Waals surface area contributed by atoms with E-state index in [1.54, 1.807) is 83.8 Å². The molecule has 25 nitrogen and oxygen atoms in total. The number of nitrogens with one attached hydrogen (secondary N) is 3. The number of ketones is 1. The Kier molecular flexibility index (Phi) is 43.4. The number of alkyl halides is 1. The van der Waals surface area contributed by atoms with Crippen LogP contribution in [-0.4, -0.2) is 144 Å². The zero-order valence-corrected chi connectivity index (χ0v) is 64.3. The Balaban J connectivity index is 0.00000131. The SMILES string of the molecule is C.C.CC(C)(C)OC(=O)N1CC(NCC(=O)NCc2cccc(Cl)c2F)C1.NC(=O)c1nn(CC(=O)N(CC(=O)NCc2cccc(Cl)c2F)C2CCC2)c2ccccc12.NC(=O)c1nn(CC(=O)O)c2ccccc12.NC1CCC1.O=C(CCl)CCc1cccc(Cl)c1F.O=CO[O-].[H-].[K+].[K+]. The maximum absolute atomic E-state index is 14.1. The predicted molar refractivity (Wildman–Crippen MR) is 369 cm³/mol. The number of aliphatic carboxylic acids is 1. The molecule has 0 unspecified atom stereocenters. The van der Waals surface area contributed by atoms with Gasteiger partial charge in [-0.15, -0.1) is 11.6 Å². The topological polar surface area (TPSA) is 372 Å². The van der Waals surface area contributed by atoms with Gasteiger partial charge in [0.05, 0.1) is 45.1 Å². The molecule has 34 heteroatoms. The van der Waals surface area contributed by atoms with Gasteiger partial charge in [0.1, 0.15) is 41.9 Å². The van der Waals surface area contributed by atoms with E-state index in [-0.39, 0.29) is 245 Å². The van der Waals surface area contributed by atoms with Gasteiger partial charge in [0.25, 0.3) is 18.3 Å². The second-order valence-electron chi connectivity index (χ2n) is 23.0. The van der Waals surface area contributed by atoms with Gasteiger partial charge in [-0.2, -0.15) is 10.2 Å². The molecule has 3 aliphatic rings. The van der Waals surface area contributed by atoms with Crippen molar-refractivity contribution >= 4 is 122 Å². The summed E-state index contributed by atoms with van der Waals surface area (Å²) in [7, 11) is 0. The van der Waals surface area contributed by atoms with Gasteiger partial charge in [-0.25, -0.2) is 18.0 Å². The van der Waals surface area contributed by atoms with Crippen molar-refractivity contribution in [3.63, 3.8) is 0 Å². The van der Waals surface area contributed by atoms with Crippen LogP contribution in [0.25, 0.3) is 21.8 Å². The van der Waals surface area contributed by atoms with Crippen LogP contribution in [0.2, 0.25) is 15.1 Å². The minimum absolute atomic E-state index is 0. The number of aromatic nitrogens is 4. The number of ether oxygens (including phenoxy) is 1. The first-order chi connectivity index (χ1) is 46.0. The Hall–Kier alpha value is -5.63. The van der Waals surface area contributed by atoms with Crippen molar-refractivity contribution in [3.8, 4) is 0 Å². The van der Waals surface area contributed by atoms with Crippen molar-refractivity contribution in [1.82, 2.24) is 45.3 Å². The van der Waals surface area contributed by atoms with Crippen molar-refractivity contribution in [1.29, 1.82) is 0 Å². The molecule has 0 atom stereocenters. The molecule has 2 aliphatic carbocycles. The summed E-state index contributed by atoms with van der Waals surface area (Å²) in [4.78, 5) is 108. The Bertz CT molecular complexity index is 3900. The predicted octanol–water partition coefficient (Wildman–Crippen LogP) is 2.69. The number of primary amides is 2. The fourth-order valence-electron chi connectivity index (χ4n) is 9.20. The molecule has 10 rings (SSSR count). The quantitative estimate of drug-likeness (QED) is 0.0179. The van der Waals surface area contributed by atoms with E-state index in [1.807, 2.05) is 20.8 Å². The van der Waals surface area contributed by atoms with Crippen LogP contribution < -0.4 is 141 Å². The van der Waals surface area contributed by atoms with Crippen molar-refractivity contribution in [2.24, 2.45) is 17.2 Å². The van der Waals surface area contributed by atoms with Crippen molar-refractivity contribution < 1.29 is 181 Å². The molecule has 1 aliphatic heterocycles. The second kappa shape index (κ2) is 47.0. The van der Waals surface area contributed by atoms with Crippen molar-refractivity contribution in [2.75, 3.05) is 32.1 Å². The molecule has 101 heavy (non-hydrogen) atoms. The van der Waals surface area contributed by atoms with Crippen LogP contribution in [0.1, 0.15) is 120 Å². The summed E-state index contributed by atoms with van der Waals surface area (Å²) in [5.74, 6) is -5.00. The van der Waals surface area contributed by atoms with Gasteiger partial charge in [-0.05, 0) is 95.2 Å². The third-order valence-corrected chi connectivity index (χ3v) is 15.8. The number of carboxylic acids is 1. The van der Waals surface area contributed by atoms with Crippen LogP contribution in [-0.2, 0) is 71.0 Å². The molecule has 3 heterocycles. The zero-order chi connectivity index (χ0) is 71.5. The number of carbonyl (C=O) groups is 9. The number of nitrogens with two attached hydrogens (primary N) is 3. The van der Waals surface area contributed by atoms with E-state index >= 15 is 0 Å². The van der Waals surface area contributed by atoms with E-state index in [1.165, 1.54) is 57.8 Å². The van der Waals surface area contributed by atoms with Gasteiger partial charge >= 0.3 is 115 Å². The second-order valence-corrected chi connectivity index (χ2v) is 24.5. The van der Waals surface area contributed by atoms with Crippen LogP contribution in [0, 0.1) is 17.5 Å². The third-order valence-electron chi connectivity index (χ3n) is 14.6. The number of para-hydroxylation sites is 2. The molecule has 6 amide bonds. The monoisotopic (exact) mass is 1540 g/mol. The van der Waals surface area contributed by atoms with E-state index in [0.29, 0.717) is 58.5 Å². The molecule has 2 aromatic heterocycles. The summed E-state index contributed by atoms with van der Waals surface area (Å²) in [5.41, 5.74) is 17.9. The number of Topliss-reactive ketones (excluding diaryl/α,β-unsaturated/α-hetero) is 1. The molecule has 3 fully saturated rings. The average molecular weight is 1540 g/mol. The number of carbonyl (C=O) groups excluding carboxylic acids is 8.